The molecule has 2 aliphatic heterocycles. The molecule has 0 aliphatic carbocycles. The Morgan fingerprint density at radius 3 is 2.72 bits per heavy atom. The van der Waals surface area contributed by atoms with Crippen LogP contribution in [0.5, 0.6) is 11.5 Å². The lowest BCUT2D eigenvalue weighted by Gasteiger charge is -2.35. The molecule has 2 aromatic rings. The smallest absolute Gasteiger partial charge is 0.151 e. The van der Waals surface area contributed by atoms with Crippen molar-refractivity contribution in [1.29, 1.82) is 0 Å². The van der Waals surface area contributed by atoms with Crippen LogP contribution in [0.15, 0.2) is 24.3 Å². The fourth-order valence-corrected chi connectivity index (χ4v) is 4.99. The van der Waals surface area contributed by atoms with Gasteiger partial charge >= 0.3 is 0 Å². The number of hydrogen-bond acceptors (Lipinski definition) is 9. The lowest BCUT2D eigenvalue weighted by molar-refractivity contribution is 0.0985. The first-order valence-corrected chi connectivity index (χ1v) is 12.6. The number of methoxy groups -OCH3 is 2. The van der Waals surface area contributed by atoms with Crippen molar-refractivity contribution >= 4 is 21.5 Å². The molecule has 10 heteroatoms. The van der Waals surface area contributed by atoms with Crippen molar-refractivity contribution < 1.29 is 22.6 Å². The molecule has 1 N–H and O–H groups in total. The second-order valence-electron chi connectivity index (χ2n) is 8.23. The maximum Gasteiger partial charge on any atom is 0.151 e. The van der Waals surface area contributed by atoms with Crippen molar-refractivity contribution in [3.63, 3.8) is 0 Å². The Balaban J connectivity index is 1.72. The maximum atomic E-state index is 12.2. The van der Waals surface area contributed by atoms with Crippen LogP contribution in [-0.2, 0) is 33.4 Å². The van der Waals surface area contributed by atoms with Gasteiger partial charge in [0.15, 0.2) is 9.84 Å². The van der Waals surface area contributed by atoms with E-state index in [0.717, 1.165) is 34.1 Å². The molecule has 1 aromatic carbocycles. The van der Waals surface area contributed by atoms with Crippen molar-refractivity contribution in [1.82, 2.24) is 10.4 Å². The summed E-state index contributed by atoms with van der Waals surface area (Å²) in [5.41, 5.74) is 6.02. The van der Waals surface area contributed by atoms with E-state index >= 15 is 0 Å². The number of aromatic nitrogens is 1. The highest BCUT2D eigenvalue weighted by atomic mass is 32.2. The van der Waals surface area contributed by atoms with Gasteiger partial charge in [-0.3, -0.25) is 5.01 Å². The molecular weight excluding hydrogens is 432 g/mol. The van der Waals surface area contributed by atoms with E-state index in [9.17, 15) is 8.42 Å². The second kappa shape index (κ2) is 9.13. The van der Waals surface area contributed by atoms with Crippen LogP contribution in [0.1, 0.15) is 23.6 Å². The molecule has 0 saturated carbocycles. The third kappa shape index (κ3) is 4.77. The minimum Gasteiger partial charge on any atom is -0.497 e. The molecule has 0 unspecified atom stereocenters. The van der Waals surface area contributed by atoms with Crippen molar-refractivity contribution in [2.24, 2.45) is 0 Å². The Hall–Kier alpha value is -2.56. The van der Waals surface area contributed by atoms with Gasteiger partial charge in [0.1, 0.15) is 23.1 Å². The summed E-state index contributed by atoms with van der Waals surface area (Å²) in [5.74, 6) is 2.93. The first kappa shape index (κ1) is 22.6. The Bertz CT molecular complexity index is 1090. The van der Waals surface area contributed by atoms with Gasteiger partial charge in [0.2, 0.25) is 0 Å². The third-order valence-electron chi connectivity index (χ3n) is 5.79. The number of hydrazine groups is 1. The van der Waals surface area contributed by atoms with E-state index in [1.54, 1.807) is 14.2 Å². The lowest BCUT2D eigenvalue weighted by Crippen LogP contribution is -2.44. The van der Waals surface area contributed by atoms with Crippen molar-refractivity contribution in [3.8, 4) is 11.5 Å². The zero-order valence-corrected chi connectivity index (χ0v) is 19.7. The van der Waals surface area contributed by atoms with Crippen molar-refractivity contribution in [3.05, 3.63) is 41.0 Å². The highest BCUT2D eigenvalue weighted by Crippen LogP contribution is 2.34. The summed E-state index contributed by atoms with van der Waals surface area (Å²) in [6, 6.07) is 7.78. The largest absolute Gasteiger partial charge is 0.497 e. The fraction of sp³-hybridized carbons (Fsp3) is 0.500. The van der Waals surface area contributed by atoms with Gasteiger partial charge in [-0.15, -0.1) is 0 Å². The Morgan fingerprint density at radius 1 is 1.22 bits per heavy atom. The first-order chi connectivity index (χ1) is 15.3. The van der Waals surface area contributed by atoms with Crippen molar-refractivity contribution in [2.75, 3.05) is 50.1 Å². The summed E-state index contributed by atoms with van der Waals surface area (Å²) in [4.78, 5) is 7.14. The molecule has 32 heavy (non-hydrogen) atoms. The highest BCUT2D eigenvalue weighted by Gasteiger charge is 2.29. The summed E-state index contributed by atoms with van der Waals surface area (Å²) >= 11 is 0. The molecule has 9 nitrogen and oxygen atoms in total. The number of benzene rings is 1. The monoisotopic (exact) mass is 462 g/mol. The van der Waals surface area contributed by atoms with E-state index in [1.165, 1.54) is 6.26 Å². The van der Waals surface area contributed by atoms with Gasteiger partial charge in [-0.1, -0.05) is 0 Å². The summed E-state index contributed by atoms with van der Waals surface area (Å²) in [5, 5.41) is 1.96. The number of rotatable bonds is 7. The van der Waals surface area contributed by atoms with Gasteiger partial charge in [-0.25, -0.2) is 18.8 Å². The third-order valence-corrected chi connectivity index (χ3v) is 6.62. The Labute approximate surface area is 189 Å². The van der Waals surface area contributed by atoms with Crippen LogP contribution in [0.4, 0.5) is 11.6 Å². The molecular formula is C22H30N4O5S. The molecule has 1 atom stereocenters. The number of anilines is 2. The maximum absolute atomic E-state index is 12.2. The molecule has 4 rings (SSSR count). The van der Waals surface area contributed by atoms with Crippen LogP contribution in [0, 0.1) is 0 Å². The average molecular weight is 463 g/mol. The van der Waals surface area contributed by atoms with Crippen LogP contribution in [0.3, 0.4) is 0 Å². The fourth-order valence-electron chi connectivity index (χ4n) is 4.17. The molecule has 3 heterocycles. The topological polar surface area (TPSA) is 93.2 Å². The minimum absolute atomic E-state index is 0.0229. The lowest BCUT2D eigenvalue weighted by atomic mass is 10.1. The molecule has 1 saturated heterocycles. The highest BCUT2D eigenvalue weighted by molar-refractivity contribution is 7.89. The number of nitrogens with one attached hydrogen (secondary N) is 1. The van der Waals surface area contributed by atoms with E-state index < -0.39 is 9.84 Å². The molecule has 2 aliphatic rings. The van der Waals surface area contributed by atoms with E-state index in [2.05, 4.69) is 17.2 Å². The van der Waals surface area contributed by atoms with Gasteiger partial charge < -0.3 is 19.1 Å². The number of morpholine rings is 1. The van der Waals surface area contributed by atoms with Gasteiger partial charge in [0.05, 0.1) is 45.8 Å². The van der Waals surface area contributed by atoms with Crippen LogP contribution >= 0.6 is 0 Å². The van der Waals surface area contributed by atoms with Crippen LogP contribution in [-0.4, -0.2) is 59.7 Å². The molecule has 0 radical (unpaired) electrons. The van der Waals surface area contributed by atoms with Crippen LogP contribution in [0.25, 0.3) is 0 Å². The number of pyridine rings is 1. The predicted octanol–water partition coefficient (Wildman–Crippen LogP) is 1.89. The molecule has 1 aromatic heterocycles. The molecule has 0 spiro atoms. The van der Waals surface area contributed by atoms with E-state index in [0.29, 0.717) is 38.6 Å². The van der Waals surface area contributed by atoms with E-state index in [1.807, 2.05) is 29.3 Å². The van der Waals surface area contributed by atoms with E-state index in [4.69, 9.17) is 19.2 Å². The number of nitrogens with zero attached hydrogens (tertiary/aromatic N) is 3. The van der Waals surface area contributed by atoms with Crippen LogP contribution < -0.4 is 24.8 Å². The van der Waals surface area contributed by atoms with Crippen molar-refractivity contribution in [2.45, 2.75) is 31.8 Å². The number of ether oxygens (including phenoxy) is 3. The summed E-state index contributed by atoms with van der Waals surface area (Å²) in [7, 11) is 0.0425. The summed E-state index contributed by atoms with van der Waals surface area (Å²) < 4.78 is 40.7. The number of fused-ring (bicyclic) bond motifs is 1. The normalized spacial score (nSPS) is 18.6. The molecule has 174 valence electrons. The SMILES string of the molecule is COc1ccc(CN2NCc3c(CS(C)(=O)=O)cc(N4CCOC[C@H]4C)nc32)c(OC)c1. The second-order valence-corrected chi connectivity index (χ2v) is 10.4. The quantitative estimate of drug-likeness (QED) is 0.662. The van der Waals surface area contributed by atoms with Crippen LogP contribution in [0.2, 0.25) is 0 Å². The average Bonchev–Trinajstić information content (AvgIpc) is 3.16. The Kier molecular flexibility index (Phi) is 6.45. The molecule has 0 bridgehead atoms. The predicted molar refractivity (Wildman–Crippen MR) is 123 cm³/mol. The van der Waals surface area contributed by atoms with Gasteiger partial charge in [0, 0.05) is 36.5 Å². The first-order valence-electron chi connectivity index (χ1n) is 10.6. The minimum atomic E-state index is -3.21. The standard InChI is InChI=1S/C22H30N4O5S/c1-15-13-31-8-7-25(15)21-9-17(14-32(4,27)28)19-11-23-26(22(19)24-21)12-16-5-6-18(29-2)10-20(16)30-3/h5-6,9-10,15,23H,7-8,11-14H2,1-4H3/t15-/m1/s1. The molecule has 0 amide bonds. The van der Waals surface area contributed by atoms with Gasteiger partial charge in [-0.05, 0) is 30.7 Å². The Morgan fingerprint density at radius 2 is 2.03 bits per heavy atom. The number of sulfone groups is 1. The van der Waals surface area contributed by atoms with Gasteiger partial charge in [0.25, 0.3) is 0 Å². The number of hydrogen-bond donors (Lipinski definition) is 1. The summed E-state index contributed by atoms with van der Waals surface area (Å²) in [6.45, 7) is 5.06. The van der Waals surface area contributed by atoms with Gasteiger partial charge in [-0.2, -0.15) is 0 Å². The van der Waals surface area contributed by atoms with E-state index in [-0.39, 0.29) is 11.8 Å². The molecule has 1 fully saturated rings. The summed E-state index contributed by atoms with van der Waals surface area (Å²) in [6.07, 6.45) is 1.26. The zero-order chi connectivity index (χ0) is 22.9. The zero-order valence-electron chi connectivity index (χ0n) is 18.9.